The molecule has 110 valence electrons. The molecule has 1 atom stereocenters. The Morgan fingerprint density at radius 2 is 2.15 bits per heavy atom. The second kappa shape index (κ2) is 5.85. The highest BCUT2D eigenvalue weighted by molar-refractivity contribution is 5.79. The largest absolute Gasteiger partial charge is 0.417 e. The molecule has 1 aliphatic heterocycles. The summed E-state index contributed by atoms with van der Waals surface area (Å²) in [6.45, 7) is 3.69. The number of rotatable bonds is 4. The number of hydrogen-bond acceptors (Lipinski definition) is 2. The van der Waals surface area contributed by atoms with Crippen LogP contribution in [-0.4, -0.2) is 19.4 Å². The summed E-state index contributed by atoms with van der Waals surface area (Å²) in [5, 5.41) is 0. The third-order valence-corrected chi connectivity index (χ3v) is 3.82. The van der Waals surface area contributed by atoms with Gasteiger partial charge in [0.25, 0.3) is 0 Å². The van der Waals surface area contributed by atoms with E-state index in [1.54, 1.807) is 6.07 Å². The highest BCUT2D eigenvalue weighted by Gasteiger charge is 2.34. The zero-order chi connectivity index (χ0) is 14.8. The van der Waals surface area contributed by atoms with Gasteiger partial charge in [-0.3, -0.25) is 4.79 Å². The first-order chi connectivity index (χ1) is 9.45. The van der Waals surface area contributed by atoms with E-state index in [1.807, 2.05) is 4.90 Å². The maximum absolute atomic E-state index is 12.9. The number of alkyl halides is 3. The average Bonchev–Trinajstić information content (AvgIpc) is 2.86. The van der Waals surface area contributed by atoms with Crippen LogP contribution in [-0.2, 0) is 6.18 Å². The van der Waals surface area contributed by atoms with Gasteiger partial charge >= 0.3 is 6.18 Å². The Morgan fingerprint density at radius 3 is 2.75 bits per heavy atom. The Morgan fingerprint density at radius 1 is 1.40 bits per heavy atom. The highest BCUT2D eigenvalue weighted by Crippen LogP contribution is 2.35. The minimum atomic E-state index is -4.49. The molecule has 1 aromatic carbocycles. The molecule has 1 unspecified atom stereocenters. The Bertz CT molecular complexity index is 484. The maximum Gasteiger partial charge on any atom is 0.417 e. The van der Waals surface area contributed by atoms with Crippen molar-refractivity contribution in [2.24, 2.45) is 5.92 Å². The third-order valence-electron chi connectivity index (χ3n) is 3.82. The molecule has 0 bridgehead atoms. The van der Waals surface area contributed by atoms with E-state index in [9.17, 15) is 18.0 Å². The number of aldehydes is 1. The van der Waals surface area contributed by atoms with Crippen LogP contribution >= 0.6 is 0 Å². The van der Waals surface area contributed by atoms with E-state index in [0.717, 1.165) is 38.4 Å². The maximum atomic E-state index is 12.9. The normalized spacial score (nSPS) is 19.4. The van der Waals surface area contributed by atoms with E-state index in [1.165, 1.54) is 6.07 Å². The Labute approximate surface area is 116 Å². The predicted octanol–water partition coefficient (Wildman–Crippen LogP) is 4.14. The lowest BCUT2D eigenvalue weighted by atomic mass is 10.0. The fraction of sp³-hybridized carbons (Fsp3) is 0.533. The van der Waals surface area contributed by atoms with Crippen LogP contribution in [0.3, 0.4) is 0 Å². The van der Waals surface area contributed by atoms with Crippen LogP contribution in [0.5, 0.6) is 0 Å². The van der Waals surface area contributed by atoms with Gasteiger partial charge in [0, 0.05) is 24.3 Å². The van der Waals surface area contributed by atoms with Crippen molar-refractivity contribution in [2.75, 3.05) is 18.0 Å². The van der Waals surface area contributed by atoms with Gasteiger partial charge in [-0.2, -0.15) is 13.2 Å². The van der Waals surface area contributed by atoms with Crippen LogP contribution in [0.2, 0.25) is 0 Å². The van der Waals surface area contributed by atoms with E-state index >= 15 is 0 Å². The van der Waals surface area contributed by atoms with Crippen LogP contribution in [0.1, 0.15) is 42.1 Å². The van der Waals surface area contributed by atoms with Crippen molar-refractivity contribution in [1.82, 2.24) is 0 Å². The molecule has 0 saturated carbocycles. The van der Waals surface area contributed by atoms with Gasteiger partial charge in [0.05, 0.1) is 5.56 Å². The zero-order valence-electron chi connectivity index (χ0n) is 11.4. The first kappa shape index (κ1) is 14.9. The monoisotopic (exact) mass is 285 g/mol. The molecule has 2 rings (SSSR count). The average molecular weight is 285 g/mol. The van der Waals surface area contributed by atoms with Gasteiger partial charge in [0.1, 0.15) is 0 Å². The van der Waals surface area contributed by atoms with E-state index in [4.69, 9.17) is 0 Å². The van der Waals surface area contributed by atoms with E-state index in [2.05, 4.69) is 6.92 Å². The summed E-state index contributed by atoms with van der Waals surface area (Å²) in [6, 6.07) is 3.96. The summed E-state index contributed by atoms with van der Waals surface area (Å²) in [4.78, 5) is 12.7. The summed E-state index contributed by atoms with van der Waals surface area (Å²) >= 11 is 0. The molecule has 5 heteroatoms. The molecule has 2 nitrogen and oxygen atoms in total. The van der Waals surface area contributed by atoms with Crippen LogP contribution in [0.15, 0.2) is 18.2 Å². The number of hydrogen-bond donors (Lipinski definition) is 0. The van der Waals surface area contributed by atoms with E-state index in [0.29, 0.717) is 11.6 Å². The van der Waals surface area contributed by atoms with Crippen molar-refractivity contribution in [3.63, 3.8) is 0 Å². The first-order valence-electron chi connectivity index (χ1n) is 6.87. The van der Waals surface area contributed by atoms with Crippen LogP contribution < -0.4 is 4.90 Å². The smallest absolute Gasteiger partial charge is 0.371 e. The fourth-order valence-corrected chi connectivity index (χ4v) is 2.80. The van der Waals surface area contributed by atoms with Crippen molar-refractivity contribution < 1.29 is 18.0 Å². The Kier molecular flexibility index (Phi) is 4.35. The molecular weight excluding hydrogens is 267 g/mol. The Balaban J connectivity index is 2.24. The number of nitrogens with zero attached hydrogens (tertiary/aromatic N) is 1. The standard InChI is InChI=1S/C15H18F3NO/c1-2-3-11-6-7-19(9-11)13-5-4-12(10-20)14(8-13)15(16,17)18/h4-5,8,10-11H,2-3,6-7,9H2,1H3. The van der Waals surface area contributed by atoms with Gasteiger partial charge in [0.15, 0.2) is 6.29 Å². The predicted molar refractivity (Wildman–Crippen MR) is 72.1 cm³/mol. The summed E-state index contributed by atoms with van der Waals surface area (Å²) in [6.07, 6.45) is -1.01. The lowest BCUT2D eigenvalue weighted by molar-refractivity contribution is -0.137. The second-order valence-corrected chi connectivity index (χ2v) is 5.28. The van der Waals surface area contributed by atoms with Crippen LogP contribution in [0, 0.1) is 5.92 Å². The van der Waals surface area contributed by atoms with Gasteiger partial charge in [-0.15, -0.1) is 0 Å². The minimum absolute atomic E-state index is 0.260. The molecule has 1 fully saturated rings. The number of benzene rings is 1. The minimum Gasteiger partial charge on any atom is -0.371 e. The van der Waals surface area contributed by atoms with Crippen molar-refractivity contribution in [3.05, 3.63) is 29.3 Å². The van der Waals surface area contributed by atoms with E-state index in [-0.39, 0.29) is 11.8 Å². The van der Waals surface area contributed by atoms with Gasteiger partial charge in [-0.25, -0.2) is 0 Å². The van der Waals surface area contributed by atoms with Crippen molar-refractivity contribution in [2.45, 2.75) is 32.4 Å². The van der Waals surface area contributed by atoms with Crippen molar-refractivity contribution in [3.8, 4) is 0 Å². The molecule has 0 aliphatic carbocycles. The SMILES string of the molecule is CCCC1CCN(c2ccc(C=O)c(C(F)(F)F)c2)C1. The molecule has 1 saturated heterocycles. The molecule has 0 amide bonds. The molecule has 0 N–H and O–H groups in total. The molecule has 1 heterocycles. The number of halogens is 3. The lowest BCUT2D eigenvalue weighted by Gasteiger charge is -2.21. The molecule has 0 spiro atoms. The topological polar surface area (TPSA) is 20.3 Å². The number of anilines is 1. The van der Waals surface area contributed by atoms with Crippen LogP contribution in [0.25, 0.3) is 0 Å². The number of carbonyl (C=O) groups excluding carboxylic acids is 1. The first-order valence-corrected chi connectivity index (χ1v) is 6.87. The fourth-order valence-electron chi connectivity index (χ4n) is 2.80. The van der Waals surface area contributed by atoms with Crippen molar-refractivity contribution in [1.29, 1.82) is 0 Å². The highest BCUT2D eigenvalue weighted by atomic mass is 19.4. The lowest BCUT2D eigenvalue weighted by Crippen LogP contribution is -2.20. The quantitative estimate of drug-likeness (QED) is 0.775. The summed E-state index contributed by atoms with van der Waals surface area (Å²) in [5.41, 5.74) is -0.587. The molecule has 20 heavy (non-hydrogen) atoms. The van der Waals surface area contributed by atoms with Crippen LogP contribution in [0.4, 0.5) is 18.9 Å². The third kappa shape index (κ3) is 3.14. The summed E-state index contributed by atoms with van der Waals surface area (Å²) in [7, 11) is 0. The van der Waals surface area contributed by atoms with E-state index < -0.39 is 11.7 Å². The number of carbonyl (C=O) groups is 1. The molecular formula is C15H18F3NO. The van der Waals surface area contributed by atoms with Gasteiger partial charge in [0.2, 0.25) is 0 Å². The summed E-state index contributed by atoms with van der Waals surface area (Å²) in [5.74, 6) is 0.556. The molecule has 0 radical (unpaired) electrons. The van der Waals surface area contributed by atoms with Gasteiger partial charge in [-0.05, 0) is 37.0 Å². The van der Waals surface area contributed by atoms with Crippen molar-refractivity contribution >= 4 is 12.0 Å². The molecule has 0 aromatic heterocycles. The Hall–Kier alpha value is -1.52. The van der Waals surface area contributed by atoms with Gasteiger partial charge < -0.3 is 4.90 Å². The summed E-state index contributed by atoms with van der Waals surface area (Å²) < 4.78 is 38.8. The van der Waals surface area contributed by atoms with Gasteiger partial charge in [-0.1, -0.05) is 13.3 Å². The molecule has 1 aromatic rings. The zero-order valence-corrected chi connectivity index (χ0v) is 11.4. The molecule has 1 aliphatic rings. The second-order valence-electron chi connectivity index (χ2n) is 5.28.